The van der Waals surface area contributed by atoms with Crippen molar-refractivity contribution >= 4 is 130 Å². The summed E-state index contributed by atoms with van der Waals surface area (Å²) in [7, 11) is 0. The molecular formula is C92H56O2. The molecule has 0 saturated heterocycles. The Kier molecular flexibility index (Phi) is 12.3. The van der Waals surface area contributed by atoms with Crippen LogP contribution >= 0.6 is 0 Å². The normalized spacial score (nSPS) is 11.8. The highest BCUT2D eigenvalue weighted by molar-refractivity contribution is 6.32. The Morgan fingerprint density at radius 1 is 0.138 bits per heavy atom. The van der Waals surface area contributed by atoms with Crippen LogP contribution in [0.4, 0.5) is 0 Å². The summed E-state index contributed by atoms with van der Waals surface area (Å²) in [5, 5.41) is 24.4. The third-order valence-electron chi connectivity index (χ3n) is 19.6. The van der Waals surface area contributed by atoms with Crippen molar-refractivity contribution < 1.29 is 8.83 Å². The molecule has 18 aromatic carbocycles. The quantitative estimate of drug-likeness (QED) is 0.155. The zero-order chi connectivity index (χ0) is 61.8. The first-order valence-electron chi connectivity index (χ1n) is 32.4. The molecule has 20 rings (SSSR count). The average Bonchev–Trinajstić information content (AvgIpc) is 1.28. The number of fused-ring (bicyclic) bond motifs is 14. The molecule has 0 fully saturated rings. The lowest BCUT2D eigenvalue weighted by atomic mass is 9.83. The zero-order valence-corrected chi connectivity index (χ0v) is 51.1. The van der Waals surface area contributed by atoms with Crippen molar-refractivity contribution in [2.24, 2.45) is 0 Å². The van der Waals surface area contributed by atoms with Crippen molar-refractivity contribution in [2.75, 3.05) is 0 Å². The van der Waals surface area contributed by atoms with Gasteiger partial charge in [0, 0.05) is 32.7 Å². The van der Waals surface area contributed by atoms with Crippen molar-refractivity contribution in [3.8, 4) is 66.8 Å². The van der Waals surface area contributed by atoms with Crippen LogP contribution in [0.5, 0.6) is 0 Å². The van der Waals surface area contributed by atoms with Crippen LogP contribution < -0.4 is 0 Å². The second-order valence-corrected chi connectivity index (χ2v) is 24.9. The number of para-hydroxylation sites is 2. The molecule has 0 radical (unpaired) electrons. The number of rotatable bonds is 6. The van der Waals surface area contributed by atoms with E-state index in [1.807, 2.05) is 0 Å². The molecule has 0 bridgehead atoms. The van der Waals surface area contributed by atoms with E-state index in [4.69, 9.17) is 8.83 Å². The topological polar surface area (TPSA) is 26.3 Å². The SMILES string of the molecule is c1cc(-c2ccc3ccccc3c2)cc(-c2c3ccccc3c(-c3c4ccccc4cc4oc5ccccc5c34)c3ccccc23)c1.c1ccc2cc(-c3ccc(-c4c5ccccc5c(-c5c6ccccc6cc6oc7ccccc7c56)c5ccccc45)cc3)ccc2c1. The molecule has 2 nitrogen and oxygen atoms in total. The minimum atomic E-state index is 0.912. The third kappa shape index (κ3) is 8.58. The molecule has 0 unspecified atom stereocenters. The fourth-order valence-corrected chi connectivity index (χ4v) is 15.5. The first kappa shape index (κ1) is 53.5. The predicted molar refractivity (Wildman–Crippen MR) is 400 cm³/mol. The molecule has 0 amide bonds. The van der Waals surface area contributed by atoms with Gasteiger partial charge in [-0.1, -0.05) is 297 Å². The first-order valence-corrected chi connectivity index (χ1v) is 32.4. The Bertz CT molecular complexity index is 6360. The second kappa shape index (κ2) is 21.7. The maximum absolute atomic E-state index is 6.52. The summed E-state index contributed by atoms with van der Waals surface area (Å²) in [6, 6.07) is 123. The van der Waals surface area contributed by atoms with Gasteiger partial charge in [0.1, 0.15) is 22.3 Å². The van der Waals surface area contributed by atoms with Gasteiger partial charge in [-0.2, -0.15) is 0 Å². The van der Waals surface area contributed by atoms with Crippen molar-refractivity contribution in [3.05, 3.63) is 340 Å². The van der Waals surface area contributed by atoms with Crippen LogP contribution in [0.3, 0.4) is 0 Å². The van der Waals surface area contributed by atoms with Gasteiger partial charge >= 0.3 is 0 Å². The van der Waals surface area contributed by atoms with Gasteiger partial charge in [-0.05, 0) is 184 Å². The van der Waals surface area contributed by atoms with Gasteiger partial charge in [-0.25, -0.2) is 0 Å². The van der Waals surface area contributed by atoms with Crippen molar-refractivity contribution in [1.82, 2.24) is 0 Å². The third-order valence-corrected chi connectivity index (χ3v) is 19.6. The second-order valence-electron chi connectivity index (χ2n) is 24.9. The fourth-order valence-electron chi connectivity index (χ4n) is 15.5. The fraction of sp³-hybridized carbons (Fsp3) is 0. The van der Waals surface area contributed by atoms with Gasteiger partial charge < -0.3 is 8.83 Å². The molecule has 0 aliphatic carbocycles. The van der Waals surface area contributed by atoms with Gasteiger partial charge in [0.2, 0.25) is 0 Å². The number of furan rings is 2. The molecule has 0 atom stereocenters. The molecule has 436 valence electrons. The van der Waals surface area contributed by atoms with E-state index in [-0.39, 0.29) is 0 Å². The average molecular weight is 1190 g/mol. The Morgan fingerprint density at radius 3 is 0.872 bits per heavy atom. The maximum Gasteiger partial charge on any atom is 0.136 e. The highest BCUT2D eigenvalue weighted by Gasteiger charge is 2.25. The van der Waals surface area contributed by atoms with Crippen LogP contribution in [0.1, 0.15) is 0 Å². The molecule has 0 N–H and O–H groups in total. The highest BCUT2D eigenvalue weighted by atomic mass is 16.3. The summed E-state index contributed by atoms with van der Waals surface area (Å²) in [5.41, 5.74) is 18.5. The maximum atomic E-state index is 6.52. The summed E-state index contributed by atoms with van der Waals surface area (Å²) in [6.45, 7) is 0. The van der Waals surface area contributed by atoms with Crippen LogP contribution in [0.2, 0.25) is 0 Å². The zero-order valence-electron chi connectivity index (χ0n) is 51.1. The summed E-state index contributed by atoms with van der Waals surface area (Å²) >= 11 is 0. The molecule has 2 heterocycles. The van der Waals surface area contributed by atoms with E-state index in [0.29, 0.717) is 0 Å². The lowest BCUT2D eigenvalue weighted by Gasteiger charge is -2.20. The summed E-state index contributed by atoms with van der Waals surface area (Å²) in [4.78, 5) is 0. The Labute approximate surface area is 542 Å². The molecule has 0 aliphatic heterocycles. The largest absolute Gasteiger partial charge is 0.456 e. The van der Waals surface area contributed by atoms with E-state index in [0.717, 1.165) is 33.1 Å². The van der Waals surface area contributed by atoms with Gasteiger partial charge in [0.05, 0.1) is 0 Å². The van der Waals surface area contributed by atoms with E-state index in [2.05, 4.69) is 340 Å². The summed E-state index contributed by atoms with van der Waals surface area (Å²) in [5.74, 6) is 0. The first-order chi connectivity index (χ1) is 46.6. The number of hydrogen-bond acceptors (Lipinski definition) is 2. The molecule has 2 heteroatoms. The van der Waals surface area contributed by atoms with E-state index in [9.17, 15) is 0 Å². The van der Waals surface area contributed by atoms with Gasteiger partial charge in [-0.15, -0.1) is 0 Å². The molecule has 0 saturated carbocycles. The molecule has 0 spiro atoms. The van der Waals surface area contributed by atoms with E-state index in [1.54, 1.807) is 0 Å². The van der Waals surface area contributed by atoms with Gasteiger partial charge in [-0.3, -0.25) is 0 Å². The van der Waals surface area contributed by atoms with Gasteiger partial charge in [0.25, 0.3) is 0 Å². The Hall–Kier alpha value is -12.4. The number of hydrogen-bond donors (Lipinski definition) is 0. The Balaban J connectivity index is 0.000000133. The van der Waals surface area contributed by atoms with Crippen molar-refractivity contribution in [1.29, 1.82) is 0 Å². The molecule has 0 aliphatic rings. The van der Waals surface area contributed by atoms with Crippen LogP contribution in [-0.2, 0) is 0 Å². The standard InChI is InChI=1S/2C46H28O/c1-2-13-30-26-32(25-24-29(30)12-1)31-15-11-16-34(27-31)43-36-18-5-7-20-38(36)44(39-21-8-6-19-37(39)43)46-35-17-4-3-14-33(35)28-42-45(46)40-22-9-10-23-41(40)47-42;1-2-12-32-27-33(26-23-29(32)11-1)30-21-24-31(25-22-30)43-36-15-5-7-17-38(36)44(39-18-8-6-16-37(39)43)46-35-14-4-3-13-34(35)28-42-45(46)40-19-9-10-20-41(40)47-42/h2*1-28H. The smallest absolute Gasteiger partial charge is 0.136 e. The van der Waals surface area contributed by atoms with Crippen molar-refractivity contribution in [3.63, 3.8) is 0 Å². The van der Waals surface area contributed by atoms with Crippen LogP contribution in [0.15, 0.2) is 349 Å². The predicted octanol–water partition coefficient (Wildman–Crippen LogP) is 26.4. The monoisotopic (exact) mass is 1190 g/mol. The summed E-state index contributed by atoms with van der Waals surface area (Å²) in [6.07, 6.45) is 0. The van der Waals surface area contributed by atoms with Gasteiger partial charge in [0.15, 0.2) is 0 Å². The summed E-state index contributed by atoms with van der Waals surface area (Å²) < 4.78 is 13.0. The molecule has 94 heavy (non-hydrogen) atoms. The van der Waals surface area contributed by atoms with E-state index in [1.165, 1.54) is 164 Å². The molecule has 20 aromatic rings. The van der Waals surface area contributed by atoms with Crippen LogP contribution in [0, 0.1) is 0 Å². The van der Waals surface area contributed by atoms with E-state index < -0.39 is 0 Å². The van der Waals surface area contributed by atoms with E-state index >= 15 is 0 Å². The lowest BCUT2D eigenvalue weighted by molar-refractivity contribution is 0.669. The minimum absolute atomic E-state index is 0.912. The molecule has 2 aromatic heterocycles. The van der Waals surface area contributed by atoms with Crippen LogP contribution in [-0.4, -0.2) is 0 Å². The molecular weight excluding hydrogens is 1140 g/mol. The number of benzene rings is 18. The lowest BCUT2D eigenvalue weighted by Crippen LogP contribution is -1.92. The Morgan fingerprint density at radius 2 is 0.436 bits per heavy atom. The van der Waals surface area contributed by atoms with Crippen LogP contribution in [0.25, 0.3) is 197 Å². The highest BCUT2D eigenvalue weighted by Crippen LogP contribution is 2.52. The minimum Gasteiger partial charge on any atom is -0.456 e. The van der Waals surface area contributed by atoms with Crippen molar-refractivity contribution in [2.45, 2.75) is 0 Å².